The summed E-state index contributed by atoms with van der Waals surface area (Å²) < 4.78 is 0. The van der Waals surface area contributed by atoms with Gasteiger partial charge in [0.1, 0.15) is 0 Å². The van der Waals surface area contributed by atoms with Crippen LogP contribution in [0.2, 0.25) is 0 Å². The van der Waals surface area contributed by atoms with E-state index >= 15 is 0 Å². The Morgan fingerprint density at radius 3 is 2.78 bits per heavy atom. The third-order valence-electron chi connectivity index (χ3n) is 2.81. The molecule has 0 aromatic heterocycles. The number of anilines is 1. The van der Waals surface area contributed by atoms with Crippen LogP contribution in [0, 0.1) is 6.92 Å². The highest BCUT2D eigenvalue weighted by Crippen LogP contribution is 2.26. The van der Waals surface area contributed by atoms with E-state index in [1.54, 1.807) is 0 Å². The molecule has 1 aliphatic heterocycles. The van der Waals surface area contributed by atoms with Crippen molar-refractivity contribution in [3.05, 3.63) is 29.8 Å². The van der Waals surface area contributed by atoms with E-state index in [0.717, 1.165) is 12.2 Å². The minimum Gasteiger partial charge on any atom is -0.370 e. The van der Waals surface area contributed by atoms with E-state index in [-0.39, 0.29) is 24.0 Å². The smallest absolute Gasteiger partial charge is 0.193 e. The number of thioether (sulfide) groups is 1. The molecule has 100 valence electrons. The van der Waals surface area contributed by atoms with Crippen molar-refractivity contribution in [3.63, 3.8) is 0 Å². The first-order valence-corrected chi connectivity index (χ1v) is 7.04. The summed E-state index contributed by atoms with van der Waals surface area (Å²) in [5.74, 6) is 1.78. The fourth-order valence-corrected chi connectivity index (χ4v) is 2.99. The van der Waals surface area contributed by atoms with Gasteiger partial charge in [-0.3, -0.25) is 4.99 Å². The maximum absolute atomic E-state index is 5.85. The highest BCUT2D eigenvalue weighted by atomic mass is 127. The maximum Gasteiger partial charge on any atom is 0.193 e. The molecule has 1 aromatic rings. The summed E-state index contributed by atoms with van der Waals surface area (Å²) in [5, 5.41) is 3.77. The number of rotatable bonds is 3. The third kappa shape index (κ3) is 5.06. The van der Waals surface area contributed by atoms with Crippen LogP contribution in [0.25, 0.3) is 0 Å². The number of nitrogens with zero attached hydrogens (tertiary/aromatic N) is 1. The molecule has 0 aliphatic carbocycles. The Balaban J connectivity index is 0.00000162. The first-order chi connectivity index (χ1) is 8.24. The molecule has 1 atom stereocenters. The topological polar surface area (TPSA) is 50.4 Å². The summed E-state index contributed by atoms with van der Waals surface area (Å²) >= 11 is 2.00. The van der Waals surface area contributed by atoms with Gasteiger partial charge in [0.05, 0.1) is 6.54 Å². The predicted molar refractivity (Wildman–Crippen MR) is 92.2 cm³/mol. The van der Waals surface area contributed by atoms with Crippen LogP contribution in [-0.4, -0.2) is 23.5 Å². The van der Waals surface area contributed by atoms with E-state index in [9.17, 15) is 0 Å². The van der Waals surface area contributed by atoms with Crippen molar-refractivity contribution < 1.29 is 0 Å². The summed E-state index contributed by atoms with van der Waals surface area (Å²) in [6.07, 6.45) is 2.59. The molecule has 1 aromatic carbocycles. The lowest BCUT2D eigenvalue weighted by Crippen LogP contribution is -2.23. The van der Waals surface area contributed by atoms with Gasteiger partial charge in [-0.15, -0.1) is 24.0 Å². The molecule has 18 heavy (non-hydrogen) atoms. The zero-order chi connectivity index (χ0) is 12.1. The van der Waals surface area contributed by atoms with Gasteiger partial charge in [-0.1, -0.05) is 17.7 Å². The van der Waals surface area contributed by atoms with Gasteiger partial charge in [0.2, 0.25) is 0 Å². The highest BCUT2D eigenvalue weighted by molar-refractivity contribution is 14.0. The van der Waals surface area contributed by atoms with Crippen LogP contribution < -0.4 is 11.1 Å². The van der Waals surface area contributed by atoms with Crippen molar-refractivity contribution in [2.45, 2.75) is 25.0 Å². The minimum atomic E-state index is 0. The molecule has 1 fully saturated rings. The summed E-state index contributed by atoms with van der Waals surface area (Å²) in [4.78, 5) is 4.39. The molecule has 0 radical (unpaired) electrons. The number of hydrogen-bond donors (Lipinski definition) is 2. The molecule has 1 heterocycles. The summed E-state index contributed by atoms with van der Waals surface area (Å²) in [7, 11) is 0. The summed E-state index contributed by atoms with van der Waals surface area (Å²) in [6.45, 7) is 2.90. The molecule has 1 saturated heterocycles. The summed E-state index contributed by atoms with van der Waals surface area (Å²) in [5.41, 5.74) is 8.09. The first-order valence-electron chi connectivity index (χ1n) is 5.99. The second-order valence-corrected chi connectivity index (χ2v) is 5.76. The molecule has 0 bridgehead atoms. The largest absolute Gasteiger partial charge is 0.370 e. The van der Waals surface area contributed by atoms with Crippen molar-refractivity contribution in [1.29, 1.82) is 0 Å². The van der Waals surface area contributed by atoms with Crippen LogP contribution in [0.15, 0.2) is 29.3 Å². The number of benzene rings is 1. The zero-order valence-corrected chi connectivity index (χ0v) is 13.7. The van der Waals surface area contributed by atoms with Crippen LogP contribution in [0.4, 0.5) is 5.69 Å². The van der Waals surface area contributed by atoms with Gasteiger partial charge in [-0.2, -0.15) is 11.8 Å². The fraction of sp³-hybridized carbons (Fsp3) is 0.462. The van der Waals surface area contributed by atoms with Gasteiger partial charge in [0.25, 0.3) is 0 Å². The second kappa shape index (κ2) is 7.89. The van der Waals surface area contributed by atoms with Gasteiger partial charge in [-0.25, -0.2) is 0 Å². The molecule has 3 nitrogen and oxygen atoms in total. The molecule has 1 unspecified atom stereocenters. The van der Waals surface area contributed by atoms with Crippen molar-refractivity contribution >= 4 is 47.4 Å². The molecule has 0 saturated carbocycles. The van der Waals surface area contributed by atoms with Gasteiger partial charge in [0.15, 0.2) is 5.96 Å². The Labute approximate surface area is 130 Å². The van der Waals surface area contributed by atoms with Crippen molar-refractivity contribution in [3.8, 4) is 0 Å². The number of hydrogen-bond acceptors (Lipinski definition) is 2. The molecule has 0 amide bonds. The number of guanidine groups is 1. The standard InChI is InChI=1S/C13H19N3S.HI/c1-10-4-6-11(7-5-10)16-13(14)15-9-12-3-2-8-17-12;/h4-7,12H,2-3,8-9H2,1H3,(H3,14,15,16);1H. The number of aliphatic imine (C=N–C) groups is 1. The normalized spacial score (nSPS) is 19.4. The predicted octanol–water partition coefficient (Wildman–Crippen LogP) is 3.24. The van der Waals surface area contributed by atoms with E-state index in [1.165, 1.54) is 24.2 Å². The number of halogens is 1. The average molecular weight is 377 g/mol. The van der Waals surface area contributed by atoms with Crippen LogP contribution >= 0.6 is 35.7 Å². The molecule has 5 heteroatoms. The van der Waals surface area contributed by atoms with E-state index in [1.807, 2.05) is 23.9 Å². The van der Waals surface area contributed by atoms with Crippen LogP contribution in [0.1, 0.15) is 18.4 Å². The number of aryl methyl sites for hydroxylation is 1. The Kier molecular flexibility index (Phi) is 6.85. The second-order valence-electron chi connectivity index (χ2n) is 4.35. The lowest BCUT2D eigenvalue weighted by molar-refractivity contribution is 0.786. The Hall–Kier alpha value is -0.430. The maximum atomic E-state index is 5.85. The lowest BCUT2D eigenvalue weighted by Gasteiger charge is -2.08. The molecular weight excluding hydrogens is 357 g/mol. The minimum absolute atomic E-state index is 0. The van der Waals surface area contributed by atoms with Gasteiger partial charge >= 0.3 is 0 Å². The van der Waals surface area contributed by atoms with E-state index in [2.05, 4.69) is 29.4 Å². The molecular formula is C13H20IN3S. The van der Waals surface area contributed by atoms with Gasteiger partial charge < -0.3 is 11.1 Å². The van der Waals surface area contributed by atoms with Crippen molar-refractivity contribution in [2.75, 3.05) is 17.6 Å². The van der Waals surface area contributed by atoms with Crippen LogP contribution in [0.5, 0.6) is 0 Å². The average Bonchev–Trinajstić information content (AvgIpc) is 2.83. The van der Waals surface area contributed by atoms with Crippen molar-refractivity contribution in [1.82, 2.24) is 0 Å². The zero-order valence-electron chi connectivity index (χ0n) is 10.6. The third-order valence-corrected chi connectivity index (χ3v) is 4.19. The van der Waals surface area contributed by atoms with E-state index in [4.69, 9.17) is 5.73 Å². The number of nitrogens with two attached hydrogens (primary N) is 1. The van der Waals surface area contributed by atoms with E-state index < -0.39 is 0 Å². The van der Waals surface area contributed by atoms with Crippen molar-refractivity contribution in [2.24, 2.45) is 10.7 Å². The molecule has 3 N–H and O–H groups in total. The van der Waals surface area contributed by atoms with Gasteiger partial charge in [0, 0.05) is 10.9 Å². The summed E-state index contributed by atoms with van der Waals surface area (Å²) in [6, 6.07) is 8.15. The van der Waals surface area contributed by atoms with Crippen LogP contribution in [-0.2, 0) is 0 Å². The van der Waals surface area contributed by atoms with Crippen LogP contribution in [0.3, 0.4) is 0 Å². The van der Waals surface area contributed by atoms with Gasteiger partial charge in [-0.05, 0) is 37.7 Å². The molecule has 0 spiro atoms. The molecule has 2 rings (SSSR count). The monoisotopic (exact) mass is 377 g/mol. The fourth-order valence-electron chi connectivity index (χ4n) is 1.81. The highest BCUT2D eigenvalue weighted by Gasteiger charge is 2.14. The number of nitrogens with one attached hydrogen (secondary N) is 1. The molecule has 1 aliphatic rings. The quantitative estimate of drug-likeness (QED) is 0.483. The Morgan fingerprint density at radius 1 is 1.44 bits per heavy atom. The Morgan fingerprint density at radius 2 is 2.17 bits per heavy atom. The van der Waals surface area contributed by atoms with E-state index in [0.29, 0.717) is 11.2 Å². The Bertz CT molecular complexity index is 386. The lowest BCUT2D eigenvalue weighted by atomic mass is 10.2. The first kappa shape index (κ1) is 15.6. The SMILES string of the molecule is Cc1ccc(NC(N)=NCC2CCCS2)cc1.I.